The Balaban J connectivity index is 1.67. The van der Waals surface area contributed by atoms with E-state index in [9.17, 15) is 8.42 Å². The van der Waals surface area contributed by atoms with Crippen LogP contribution in [0.15, 0.2) is 29.5 Å². The Labute approximate surface area is 203 Å². The summed E-state index contributed by atoms with van der Waals surface area (Å²) in [7, 11) is -3.49. The average molecular weight is 496 g/mol. The van der Waals surface area contributed by atoms with Crippen molar-refractivity contribution >= 4 is 21.7 Å². The van der Waals surface area contributed by atoms with Crippen molar-refractivity contribution in [3.8, 4) is 6.19 Å². The van der Waals surface area contributed by atoms with Gasteiger partial charge in [0.25, 0.3) is 0 Å². The minimum Gasteiger partial charge on any atom is -0.379 e. The van der Waals surface area contributed by atoms with Crippen LogP contribution in [0, 0.1) is 11.5 Å². The van der Waals surface area contributed by atoms with Gasteiger partial charge in [-0.05, 0) is 38.8 Å². The molecule has 0 aliphatic carbocycles. The van der Waals surface area contributed by atoms with E-state index in [0.717, 1.165) is 42.5 Å². The number of morpholine rings is 1. The minimum absolute atomic E-state index is 0.0524. The van der Waals surface area contributed by atoms with Crippen molar-refractivity contribution in [2.45, 2.75) is 45.6 Å². The fourth-order valence-corrected chi connectivity index (χ4v) is 5.03. The smallest absolute Gasteiger partial charge is 0.236 e. The molecule has 1 aliphatic rings. The number of nitriles is 1. The molecule has 1 aliphatic heterocycles. The van der Waals surface area contributed by atoms with Crippen LogP contribution in [-0.4, -0.2) is 86.5 Å². The van der Waals surface area contributed by atoms with Crippen LogP contribution in [0.25, 0.3) is 0 Å². The molecular formula is C22H37N7O4S. The first kappa shape index (κ1) is 27.9. The third kappa shape index (κ3) is 10.8. The first-order chi connectivity index (χ1) is 16.4. The predicted octanol–water partition coefficient (Wildman–Crippen LogP) is 1.78. The Bertz CT molecular complexity index is 869. The van der Waals surface area contributed by atoms with E-state index in [2.05, 4.69) is 25.5 Å². The number of hydrogen-bond acceptors (Lipinski definition) is 8. The summed E-state index contributed by atoms with van der Waals surface area (Å²) >= 11 is 0. The normalized spacial score (nSPS) is 15.4. The first-order valence-corrected chi connectivity index (χ1v) is 13.3. The van der Waals surface area contributed by atoms with E-state index in [-0.39, 0.29) is 11.8 Å². The number of hydroxylamine groups is 1. The van der Waals surface area contributed by atoms with Crippen molar-refractivity contribution in [2.24, 2.45) is 4.99 Å². The van der Waals surface area contributed by atoms with E-state index in [1.165, 1.54) is 0 Å². The fraction of sp³-hybridized carbons (Fsp3) is 0.682. The lowest BCUT2D eigenvalue weighted by Gasteiger charge is -2.29. The SMILES string of the molecule is CC(C)N(OCCN1CCOCC1)S(=O)(=O)CCCCCCN=C(NC#N)Nc1ccncc1. The second-order valence-electron chi connectivity index (χ2n) is 8.19. The summed E-state index contributed by atoms with van der Waals surface area (Å²) in [6, 6.07) is 3.30. The number of unbranched alkanes of at least 4 members (excludes halogenated alkanes) is 3. The molecule has 2 heterocycles. The zero-order valence-electron chi connectivity index (χ0n) is 20.1. The molecule has 1 saturated heterocycles. The number of anilines is 1. The lowest BCUT2D eigenvalue weighted by atomic mass is 10.2. The summed E-state index contributed by atoms with van der Waals surface area (Å²) in [5.41, 5.74) is 0.781. The lowest BCUT2D eigenvalue weighted by Crippen LogP contribution is -2.42. The number of sulfonamides is 1. The van der Waals surface area contributed by atoms with Crippen LogP contribution in [0.4, 0.5) is 5.69 Å². The van der Waals surface area contributed by atoms with E-state index in [1.807, 2.05) is 20.0 Å². The van der Waals surface area contributed by atoms with Gasteiger partial charge in [0.1, 0.15) is 0 Å². The van der Waals surface area contributed by atoms with Gasteiger partial charge in [0.15, 0.2) is 6.19 Å². The molecule has 2 rings (SSSR count). The number of ether oxygens (including phenoxy) is 1. The number of aliphatic imine (C=N–C) groups is 1. The number of nitrogens with zero attached hydrogens (tertiary/aromatic N) is 5. The number of rotatable bonds is 14. The number of aromatic nitrogens is 1. The van der Waals surface area contributed by atoms with Gasteiger partial charge in [-0.25, -0.2) is 8.42 Å². The summed E-state index contributed by atoms with van der Waals surface area (Å²) in [4.78, 5) is 16.2. The first-order valence-electron chi connectivity index (χ1n) is 11.7. The van der Waals surface area contributed by atoms with Gasteiger partial charge in [0.05, 0.1) is 25.6 Å². The van der Waals surface area contributed by atoms with Crippen molar-refractivity contribution < 1.29 is 18.0 Å². The molecule has 11 nitrogen and oxygen atoms in total. The van der Waals surface area contributed by atoms with Crippen molar-refractivity contribution in [3.05, 3.63) is 24.5 Å². The zero-order chi connectivity index (χ0) is 24.7. The summed E-state index contributed by atoms with van der Waals surface area (Å²) in [6.07, 6.45) is 8.12. The Morgan fingerprint density at radius 3 is 2.65 bits per heavy atom. The number of guanidine groups is 1. The van der Waals surface area contributed by atoms with Gasteiger partial charge in [-0.3, -0.25) is 25.0 Å². The van der Waals surface area contributed by atoms with Crippen LogP contribution in [0.3, 0.4) is 0 Å². The van der Waals surface area contributed by atoms with Gasteiger partial charge in [-0.1, -0.05) is 17.3 Å². The van der Waals surface area contributed by atoms with Crippen molar-refractivity contribution in [1.82, 2.24) is 19.7 Å². The Morgan fingerprint density at radius 1 is 1.26 bits per heavy atom. The van der Waals surface area contributed by atoms with E-state index in [4.69, 9.17) is 14.8 Å². The number of pyridine rings is 1. The van der Waals surface area contributed by atoms with Gasteiger partial charge in [0.2, 0.25) is 16.0 Å². The highest BCUT2D eigenvalue weighted by atomic mass is 32.2. The van der Waals surface area contributed by atoms with Crippen LogP contribution in [0.5, 0.6) is 0 Å². The third-order valence-corrected chi connectivity index (χ3v) is 7.00. The standard InChI is InChI=1S/C22H37N7O4S/c1-20(2)29(33-17-14-28-12-15-32-16-13-28)34(30,31)18-6-4-3-5-9-25-22(26-19-23)27-21-7-10-24-11-8-21/h7-8,10-11,20H,3-6,9,12-18H2,1-2H3,(H2,24,25,26,27). The van der Waals surface area contributed by atoms with Crippen molar-refractivity contribution in [2.75, 3.05) is 57.1 Å². The molecule has 1 fully saturated rings. The second-order valence-corrected chi connectivity index (χ2v) is 10.1. The van der Waals surface area contributed by atoms with Crippen LogP contribution in [0.2, 0.25) is 0 Å². The second kappa shape index (κ2) is 15.6. The largest absolute Gasteiger partial charge is 0.379 e. The molecule has 12 heteroatoms. The molecule has 190 valence electrons. The molecule has 0 amide bonds. The molecule has 0 bridgehead atoms. The van der Waals surface area contributed by atoms with Gasteiger partial charge in [-0.2, -0.15) is 5.26 Å². The highest BCUT2D eigenvalue weighted by Gasteiger charge is 2.26. The molecule has 0 unspecified atom stereocenters. The molecule has 0 aromatic carbocycles. The third-order valence-electron chi connectivity index (χ3n) is 5.12. The van der Waals surface area contributed by atoms with Gasteiger partial charge in [-0.15, -0.1) is 0 Å². The molecule has 34 heavy (non-hydrogen) atoms. The topological polar surface area (TPSA) is 132 Å². The maximum atomic E-state index is 12.8. The van der Waals surface area contributed by atoms with Crippen molar-refractivity contribution in [3.63, 3.8) is 0 Å². The molecule has 1 aromatic rings. The number of nitrogens with one attached hydrogen (secondary N) is 2. The van der Waals surface area contributed by atoms with Crippen LogP contribution >= 0.6 is 0 Å². The van der Waals surface area contributed by atoms with E-state index in [1.54, 1.807) is 24.5 Å². The molecule has 0 spiro atoms. The maximum absolute atomic E-state index is 12.8. The maximum Gasteiger partial charge on any atom is 0.236 e. The average Bonchev–Trinajstić information content (AvgIpc) is 2.82. The quantitative estimate of drug-likeness (QED) is 0.0989. The van der Waals surface area contributed by atoms with Gasteiger partial charge >= 0.3 is 0 Å². The summed E-state index contributed by atoms with van der Waals surface area (Å²) in [5.74, 6) is 0.426. The minimum atomic E-state index is -3.49. The molecule has 0 saturated carbocycles. The summed E-state index contributed by atoms with van der Waals surface area (Å²) in [6.45, 7) is 8.27. The van der Waals surface area contributed by atoms with Gasteiger partial charge in [0, 0.05) is 50.3 Å². The molecule has 0 atom stereocenters. The Kier molecular flexibility index (Phi) is 12.8. The fourth-order valence-electron chi connectivity index (χ4n) is 3.40. The van der Waals surface area contributed by atoms with Crippen LogP contribution in [0.1, 0.15) is 39.5 Å². The van der Waals surface area contributed by atoms with Crippen LogP contribution < -0.4 is 10.6 Å². The summed E-state index contributed by atoms with van der Waals surface area (Å²) < 4.78 is 32.0. The molecular weight excluding hydrogens is 458 g/mol. The monoisotopic (exact) mass is 495 g/mol. The molecule has 1 aromatic heterocycles. The molecule has 0 radical (unpaired) electrons. The van der Waals surface area contributed by atoms with E-state index < -0.39 is 10.0 Å². The Hall–Kier alpha value is -2.30. The van der Waals surface area contributed by atoms with Crippen LogP contribution in [-0.2, 0) is 19.6 Å². The molecule has 2 N–H and O–H groups in total. The summed E-state index contributed by atoms with van der Waals surface area (Å²) in [5, 5.41) is 14.5. The predicted molar refractivity (Wildman–Crippen MR) is 131 cm³/mol. The van der Waals surface area contributed by atoms with Gasteiger partial charge < -0.3 is 10.1 Å². The Morgan fingerprint density at radius 2 is 1.97 bits per heavy atom. The van der Waals surface area contributed by atoms with Crippen molar-refractivity contribution in [1.29, 1.82) is 5.26 Å². The van der Waals surface area contributed by atoms with E-state index >= 15 is 0 Å². The zero-order valence-corrected chi connectivity index (χ0v) is 21.0. The highest BCUT2D eigenvalue weighted by Crippen LogP contribution is 2.12. The van der Waals surface area contributed by atoms with E-state index in [0.29, 0.717) is 45.3 Å². The highest BCUT2D eigenvalue weighted by molar-refractivity contribution is 7.88. The number of hydrogen-bond donors (Lipinski definition) is 2. The lowest BCUT2D eigenvalue weighted by molar-refractivity contribution is -0.112.